The van der Waals surface area contributed by atoms with Crippen molar-refractivity contribution in [1.29, 1.82) is 0 Å². The van der Waals surface area contributed by atoms with Crippen molar-refractivity contribution in [3.8, 4) is 0 Å². The zero-order valence-corrected chi connectivity index (χ0v) is 13.4. The summed E-state index contributed by atoms with van der Waals surface area (Å²) in [5, 5.41) is 3.25. The van der Waals surface area contributed by atoms with Crippen LogP contribution in [0.5, 0.6) is 0 Å². The topological polar surface area (TPSA) is 31.4 Å². The summed E-state index contributed by atoms with van der Waals surface area (Å²) < 4.78 is 14.7. The van der Waals surface area contributed by atoms with E-state index in [0.717, 1.165) is 39.0 Å². The van der Waals surface area contributed by atoms with Crippen LogP contribution >= 0.6 is 0 Å². The Bertz CT molecular complexity index is 452. The highest BCUT2D eigenvalue weighted by Gasteiger charge is 2.26. The Balaban J connectivity index is 2.10. The molecular weight excluding hydrogens is 267 g/mol. The van der Waals surface area contributed by atoms with Crippen LogP contribution in [0.25, 0.3) is 0 Å². The van der Waals surface area contributed by atoms with Crippen LogP contribution in [-0.4, -0.2) is 49.2 Å². The lowest BCUT2D eigenvalue weighted by molar-refractivity contribution is 0.212. The van der Waals surface area contributed by atoms with Gasteiger partial charge in [0.1, 0.15) is 0 Å². The van der Waals surface area contributed by atoms with Gasteiger partial charge in [-0.05, 0) is 32.5 Å². The first-order chi connectivity index (χ1) is 10.2. The van der Waals surface area contributed by atoms with E-state index in [1.54, 1.807) is 12.3 Å². The van der Waals surface area contributed by atoms with Gasteiger partial charge in [0.05, 0.1) is 0 Å². The molecule has 0 aromatic carbocycles. The Labute approximate surface area is 127 Å². The summed E-state index contributed by atoms with van der Waals surface area (Å²) in [6, 6.07) is 2.25. The summed E-state index contributed by atoms with van der Waals surface area (Å²) in [6.07, 6.45) is 3.85. The van der Waals surface area contributed by atoms with Crippen molar-refractivity contribution in [2.45, 2.75) is 39.3 Å². The number of nitrogens with zero attached hydrogens (tertiary/aromatic N) is 3. The second kappa shape index (κ2) is 7.71. The van der Waals surface area contributed by atoms with E-state index in [1.165, 1.54) is 0 Å². The van der Waals surface area contributed by atoms with Crippen molar-refractivity contribution in [2.24, 2.45) is 0 Å². The van der Waals surface area contributed by atoms with E-state index >= 15 is 0 Å². The Morgan fingerprint density at radius 3 is 2.90 bits per heavy atom. The molecule has 0 spiro atoms. The van der Waals surface area contributed by atoms with Crippen LogP contribution < -0.4 is 10.2 Å². The minimum atomic E-state index is -0.166. The molecule has 4 nitrogen and oxygen atoms in total. The van der Waals surface area contributed by atoms with Gasteiger partial charge in [-0.15, -0.1) is 0 Å². The monoisotopic (exact) mass is 294 g/mol. The first kappa shape index (κ1) is 16.2. The summed E-state index contributed by atoms with van der Waals surface area (Å²) in [6.45, 7) is 8.41. The number of aromatic nitrogens is 1. The number of likely N-dealkylation sites (N-methyl/N-ethyl adjacent to an activating group) is 1. The van der Waals surface area contributed by atoms with Gasteiger partial charge in [-0.25, -0.2) is 9.37 Å². The van der Waals surface area contributed by atoms with Crippen LogP contribution in [0.4, 0.5) is 10.2 Å². The summed E-state index contributed by atoms with van der Waals surface area (Å²) >= 11 is 0. The molecule has 1 aliphatic rings. The van der Waals surface area contributed by atoms with Crippen LogP contribution in [0.15, 0.2) is 12.3 Å². The molecule has 0 bridgehead atoms. The first-order valence-corrected chi connectivity index (χ1v) is 7.96. The highest BCUT2D eigenvalue weighted by Crippen LogP contribution is 2.23. The zero-order chi connectivity index (χ0) is 15.2. The molecule has 118 valence electrons. The van der Waals surface area contributed by atoms with Crippen molar-refractivity contribution >= 4 is 5.82 Å². The molecule has 2 rings (SSSR count). The first-order valence-electron chi connectivity index (χ1n) is 7.96. The van der Waals surface area contributed by atoms with E-state index in [1.807, 2.05) is 0 Å². The molecule has 1 N–H and O–H groups in total. The predicted molar refractivity (Wildman–Crippen MR) is 85.1 cm³/mol. The fraction of sp³-hybridized carbons (Fsp3) is 0.688. The lowest BCUT2D eigenvalue weighted by atomic mass is 10.1. The Morgan fingerprint density at radius 1 is 1.38 bits per heavy atom. The Morgan fingerprint density at radius 2 is 2.19 bits per heavy atom. The van der Waals surface area contributed by atoms with E-state index < -0.39 is 0 Å². The van der Waals surface area contributed by atoms with Gasteiger partial charge in [0.2, 0.25) is 0 Å². The molecule has 0 saturated carbocycles. The molecule has 1 aromatic heterocycles. The Hall–Kier alpha value is -1.20. The van der Waals surface area contributed by atoms with Gasteiger partial charge < -0.3 is 10.2 Å². The number of nitrogens with one attached hydrogen (secondary N) is 1. The number of hydrogen-bond donors (Lipinski definition) is 1. The molecule has 1 fully saturated rings. The van der Waals surface area contributed by atoms with Crippen molar-refractivity contribution < 1.29 is 4.39 Å². The third kappa shape index (κ3) is 3.92. The lowest BCUT2D eigenvalue weighted by Crippen LogP contribution is -2.51. The number of anilines is 1. The molecule has 1 unspecified atom stereocenters. The standard InChI is InChI=1S/C16H27FN4/c1-4-7-18-11-13-6-8-19-16(15(13)17)21-10-9-20(3)14(5-2)12-21/h6,8,14,18H,4-5,7,9-12H2,1-3H3. The second-order valence-corrected chi connectivity index (χ2v) is 5.77. The second-order valence-electron chi connectivity index (χ2n) is 5.77. The third-order valence-corrected chi connectivity index (χ3v) is 4.24. The average molecular weight is 294 g/mol. The quantitative estimate of drug-likeness (QED) is 0.816. The van der Waals surface area contributed by atoms with E-state index in [9.17, 15) is 4.39 Å². The fourth-order valence-electron chi connectivity index (χ4n) is 2.81. The van der Waals surface area contributed by atoms with Crippen LogP contribution in [0.1, 0.15) is 32.3 Å². The molecule has 1 aliphatic heterocycles. The molecule has 1 saturated heterocycles. The van der Waals surface area contributed by atoms with Crippen molar-refractivity contribution in [3.05, 3.63) is 23.6 Å². The van der Waals surface area contributed by atoms with Gasteiger partial charge in [0.25, 0.3) is 0 Å². The third-order valence-electron chi connectivity index (χ3n) is 4.24. The molecule has 1 atom stereocenters. The highest BCUT2D eigenvalue weighted by atomic mass is 19.1. The summed E-state index contributed by atoms with van der Waals surface area (Å²) in [4.78, 5) is 8.73. The van der Waals surface area contributed by atoms with Crippen LogP contribution in [0.3, 0.4) is 0 Å². The van der Waals surface area contributed by atoms with Gasteiger partial charge in [0, 0.05) is 44.0 Å². The molecule has 0 amide bonds. The van der Waals surface area contributed by atoms with Crippen LogP contribution in [-0.2, 0) is 6.54 Å². The van der Waals surface area contributed by atoms with E-state index in [-0.39, 0.29) is 5.82 Å². The summed E-state index contributed by atoms with van der Waals surface area (Å²) in [5.74, 6) is 0.345. The average Bonchev–Trinajstić information content (AvgIpc) is 2.50. The van der Waals surface area contributed by atoms with Gasteiger partial charge in [-0.1, -0.05) is 13.8 Å². The molecule has 2 heterocycles. The molecule has 0 radical (unpaired) electrons. The number of pyridine rings is 1. The molecule has 1 aromatic rings. The Kier molecular flexibility index (Phi) is 5.94. The minimum Gasteiger partial charge on any atom is -0.351 e. The maximum absolute atomic E-state index is 14.7. The number of hydrogen-bond acceptors (Lipinski definition) is 4. The largest absolute Gasteiger partial charge is 0.351 e. The van der Waals surface area contributed by atoms with Crippen LogP contribution in [0, 0.1) is 5.82 Å². The molecular formula is C16H27FN4. The predicted octanol–water partition coefficient (Wildman–Crippen LogP) is 2.25. The maximum atomic E-state index is 14.7. The maximum Gasteiger partial charge on any atom is 0.170 e. The highest BCUT2D eigenvalue weighted by molar-refractivity contribution is 5.44. The smallest absolute Gasteiger partial charge is 0.170 e. The normalized spacial score (nSPS) is 20.0. The summed E-state index contributed by atoms with van der Waals surface area (Å²) in [5.41, 5.74) is 0.709. The molecule has 0 aliphatic carbocycles. The van der Waals surface area contributed by atoms with Crippen LogP contribution in [0.2, 0.25) is 0 Å². The van der Waals surface area contributed by atoms with E-state index in [0.29, 0.717) is 24.0 Å². The number of rotatable bonds is 6. The summed E-state index contributed by atoms with van der Waals surface area (Å²) in [7, 11) is 2.14. The minimum absolute atomic E-state index is 0.166. The fourth-order valence-corrected chi connectivity index (χ4v) is 2.81. The van der Waals surface area contributed by atoms with E-state index in [2.05, 4.69) is 41.0 Å². The van der Waals surface area contributed by atoms with Gasteiger partial charge >= 0.3 is 0 Å². The van der Waals surface area contributed by atoms with E-state index in [4.69, 9.17) is 0 Å². The van der Waals surface area contributed by atoms with Crippen molar-refractivity contribution in [2.75, 3.05) is 38.1 Å². The van der Waals surface area contributed by atoms with Gasteiger partial charge in [-0.3, -0.25) is 4.90 Å². The van der Waals surface area contributed by atoms with Gasteiger partial charge in [-0.2, -0.15) is 0 Å². The van der Waals surface area contributed by atoms with Crippen molar-refractivity contribution in [1.82, 2.24) is 15.2 Å². The molecule has 5 heteroatoms. The van der Waals surface area contributed by atoms with Crippen molar-refractivity contribution in [3.63, 3.8) is 0 Å². The van der Waals surface area contributed by atoms with Gasteiger partial charge in [0.15, 0.2) is 11.6 Å². The molecule has 21 heavy (non-hydrogen) atoms. The lowest BCUT2D eigenvalue weighted by Gasteiger charge is -2.39. The number of piperazine rings is 1. The zero-order valence-electron chi connectivity index (χ0n) is 13.4. The SMILES string of the molecule is CCCNCc1ccnc(N2CCN(C)C(CC)C2)c1F. The number of halogens is 1.